The molecule has 1 N–H and O–H groups in total. The average Bonchev–Trinajstić information content (AvgIpc) is 3.14. The van der Waals surface area contributed by atoms with Crippen LogP contribution < -0.4 is 5.32 Å². The van der Waals surface area contributed by atoms with Gasteiger partial charge in [-0.25, -0.2) is 4.99 Å². The minimum absolute atomic E-state index is 0.00280. The smallest absolute Gasteiger partial charge is 0.242 e. The highest BCUT2D eigenvalue weighted by molar-refractivity contribution is 8.15. The average molecular weight is 504 g/mol. The molecule has 2 aromatic rings. The molecule has 0 aromatic heterocycles. The summed E-state index contributed by atoms with van der Waals surface area (Å²) >= 11 is 1.35. The monoisotopic (exact) mass is 503 g/mol. The highest BCUT2D eigenvalue weighted by atomic mass is 32.2. The Kier molecular flexibility index (Phi) is 8.41. The van der Waals surface area contributed by atoms with Crippen molar-refractivity contribution in [1.82, 2.24) is 4.90 Å². The van der Waals surface area contributed by atoms with Gasteiger partial charge in [-0.1, -0.05) is 41.6 Å². The number of amides is 2. The molecule has 7 heteroatoms. The van der Waals surface area contributed by atoms with Gasteiger partial charge in [-0.15, -0.1) is 0 Å². The number of aliphatic imine (C=N–C) groups is 1. The fourth-order valence-electron chi connectivity index (χ4n) is 4.57. The van der Waals surface area contributed by atoms with Crippen molar-refractivity contribution >= 4 is 45.9 Å². The number of carbonyl (C=O) groups excluding carboxylic acids is 3. The fraction of sp³-hybridized carbons (Fsp3) is 0.379. The van der Waals surface area contributed by atoms with Crippen LogP contribution in [0, 0.1) is 13.8 Å². The molecular weight excluding hydrogens is 470 g/mol. The van der Waals surface area contributed by atoms with Gasteiger partial charge in [0.25, 0.3) is 0 Å². The molecule has 188 valence electrons. The van der Waals surface area contributed by atoms with Crippen LogP contribution in [-0.4, -0.2) is 39.5 Å². The summed E-state index contributed by atoms with van der Waals surface area (Å²) < 4.78 is 0. The summed E-state index contributed by atoms with van der Waals surface area (Å²) in [7, 11) is 0. The van der Waals surface area contributed by atoms with Crippen LogP contribution in [0.15, 0.2) is 59.1 Å². The van der Waals surface area contributed by atoms with E-state index in [2.05, 4.69) is 11.4 Å². The predicted octanol–water partition coefficient (Wildman–Crippen LogP) is 6.36. The quantitative estimate of drug-likeness (QED) is 0.336. The number of Topliss-reactive ketones (excluding diaryl/α,β-unsaturated/α-hetero) is 1. The zero-order chi connectivity index (χ0) is 25.7. The Hall–Kier alpha value is -3.19. The van der Waals surface area contributed by atoms with E-state index < -0.39 is 5.25 Å². The molecule has 1 saturated heterocycles. The van der Waals surface area contributed by atoms with Gasteiger partial charge in [0.2, 0.25) is 11.8 Å². The molecule has 2 aliphatic rings. The van der Waals surface area contributed by atoms with Crippen LogP contribution in [0.2, 0.25) is 0 Å². The summed E-state index contributed by atoms with van der Waals surface area (Å²) in [5, 5.41) is 3.09. The number of anilines is 1. The van der Waals surface area contributed by atoms with E-state index in [1.807, 2.05) is 32.0 Å². The summed E-state index contributed by atoms with van der Waals surface area (Å²) in [6.45, 7) is 6.00. The van der Waals surface area contributed by atoms with Crippen molar-refractivity contribution in [1.29, 1.82) is 0 Å². The lowest BCUT2D eigenvalue weighted by Crippen LogP contribution is -2.34. The van der Waals surface area contributed by atoms with Crippen LogP contribution in [0.4, 0.5) is 11.4 Å². The minimum Gasteiger partial charge on any atom is -0.326 e. The maximum Gasteiger partial charge on any atom is 0.242 e. The van der Waals surface area contributed by atoms with Crippen molar-refractivity contribution in [2.75, 3.05) is 11.9 Å². The number of amidine groups is 1. The second-order valence-electron chi connectivity index (χ2n) is 9.47. The van der Waals surface area contributed by atoms with Crippen LogP contribution in [-0.2, 0) is 9.59 Å². The van der Waals surface area contributed by atoms with Gasteiger partial charge in [0, 0.05) is 24.2 Å². The summed E-state index contributed by atoms with van der Waals surface area (Å²) in [5.74, 6) is -0.260. The molecule has 2 amide bonds. The lowest BCUT2D eigenvalue weighted by Gasteiger charge is -2.19. The normalized spacial score (nSPS) is 18.9. The van der Waals surface area contributed by atoms with Crippen LogP contribution in [0.25, 0.3) is 0 Å². The minimum atomic E-state index is -0.523. The van der Waals surface area contributed by atoms with Gasteiger partial charge in [-0.3, -0.25) is 19.3 Å². The third kappa shape index (κ3) is 6.32. The number of thioether (sulfide) groups is 1. The Morgan fingerprint density at radius 3 is 2.44 bits per heavy atom. The first-order chi connectivity index (χ1) is 17.3. The number of hydrogen-bond acceptors (Lipinski definition) is 5. The third-order valence-corrected chi connectivity index (χ3v) is 7.85. The number of allylic oxidation sites excluding steroid dienone is 1. The fourth-order valence-corrected chi connectivity index (χ4v) is 5.75. The van der Waals surface area contributed by atoms with Crippen LogP contribution >= 0.6 is 11.8 Å². The van der Waals surface area contributed by atoms with E-state index in [1.165, 1.54) is 37.1 Å². The Labute approximate surface area is 217 Å². The maximum absolute atomic E-state index is 13.4. The van der Waals surface area contributed by atoms with Gasteiger partial charge in [-0.2, -0.15) is 0 Å². The number of ketones is 1. The third-order valence-electron chi connectivity index (χ3n) is 6.68. The molecule has 1 atom stereocenters. The molecule has 1 heterocycles. The lowest BCUT2D eigenvalue weighted by molar-refractivity contribution is -0.128. The number of hydrogen-bond donors (Lipinski definition) is 1. The van der Waals surface area contributed by atoms with Crippen molar-refractivity contribution in [3.8, 4) is 0 Å². The van der Waals surface area contributed by atoms with E-state index >= 15 is 0 Å². The topological polar surface area (TPSA) is 78.8 Å². The van der Waals surface area contributed by atoms with Gasteiger partial charge in [-0.05, 0) is 88.3 Å². The molecule has 6 nitrogen and oxygen atoms in total. The molecule has 0 spiro atoms. The molecule has 1 aliphatic heterocycles. The Bertz CT molecular complexity index is 1200. The first-order valence-corrected chi connectivity index (χ1v) is 13.4. The zero-order valence-corrected chi connectivity index (χ0v) is 22.0. The van der Waals surface area contributed by atoms with E-state index in [0.717, 1.165) is 36.1 Å². The maximum atomic E-state index is 13.4. The lowest BCUT2D eigenvalue weighted by atomic mass is 9.97. The van der Waals surface area contributed by atoms with Crippen LogP contribution in [0.5, 0.6) is 0 Å². The van der Waals surface area contributed by atoms with Crippen LogP contribution in [0.1, 0.15) is 66.9 Å². The second-order valence-corrected chi connectivity index (χ2v) is 10.6. The van der Waals surface area contributed by atoms with Crippen molar-refractivity contribution in [3.63, 3.8) is 0 Å². The van der Waals surface area contributed by atoms with Gasteiger partial charge >= 0.3 is 0 Å². The SMILES string of the molecule is CC(=O)c1ccc(N=C2S[C@H](CC(=O)Nc3c(C)cccc3C)C(=O)N2CCC2=CCCCC2)cc1. The Balaban J connectivity index is 1.51. The van der Waals surface area contributed by atoms with E-state index in [1.54, 1.807) is 29.2 Å². The van der Waals surface area contributed by atoms with E-state index in [0.29, 0.717) is 23.0 Å². The molecule has 0 radical (unpaired) electrons. The van der Waals surface area contributed by atoms with Crippen molar-refractivity contribution in [2.24, 2.45) is 4.99 Å². The van der Waals surface area contributed by atoms with Gasteiger partial charge in [0.15, 0.2) is 11.0 Å². The number of aryl methyl sites for hydroxylation is 2. The molecule has 0 unspecified atom stereocenters. The molecule has 36 heavy (non-hydrogen) atoms. The number of benzene rings is 2. The predicted molar refractivity (Wildman–Crippen MR) is 147 cm³/mol. The van der Waals surface area contributed by atoms with Gasteiger partial charge in [0.05, 0.1) is 5.69 Å². The second kappa shape index (κ2) is 11.7. The van der Waals surface area contributed by atoms with E-state index in [4.69, 9.17) is 4.99 Å². The Morgan fingerprint density at radius 2 is 1.81 bits per heavy atom. The molecule has 1 fully saturated rings. The summed E-state index contributed by atoms with van der Waals surface area (Å²) in [6, 6.07) is 13.0. The van der Waals surface area contributed by atoms with Crippen molar-refractivity contribution < 1.29 is 14.4 Å². The number of rotatable bonds is 8. The number of nitrogens with zero attached hydrogens (tertiary/aromatic N) is 2. The molecule has 1 aliphatic carbocycles. The molecule has 0 saturated carbocycles. The first kappa shape index (κ1) is 25.9. The first-order valence-electron chi connectivity index (χ1n) is 12.5. The van der Waals surface area contributed by atoms with Gasteiger partial charge < -0.3 is 5.32 Å². The number of carbonyl (C=O) groups is 3. The van der Waals surface area contributed by atoms with Crippen molar-refractivity contribution in [2.45, 2.75) is 64.5 Å². The number of nitrogens with one attached hydrogen (secondary N) is 1. The highest BCUT2D eigenvalue weighted by Crippen LogP contribution is 2.33. The molecule has 2 aromatic carbocycles. The largest absolute Gasteiger partial charge is 0.326 e. The summed E-state index contributed by atoms with van der Waals surface area (Å²) in [6.07, 6.45) is 7.79. The van der Waals surface area contributed by atoms with Crippen molar-refractivity contribution in [3.05, 3.63) is 70.8 Å². The highest BCUT2D eigenvalue weighted by Gasteiger charge is 2.39. The standard InChI is InChI=1S/C29H33N3O3S/c1-19-8-7-9-20(2)27(19)31-26(34)18-25-28(35)32(17-16-22-10-5-4-6-11-22)29(36-25)30-24-14-12-23(13-15-24)21(3)33/h7-10,12-15,25H,4-6,11,16-18H2,1-3H3,(H,31,34)/t25-/m1/s1. The summed E-state index contributed by atoms with van der Waals surface area (Å²) in [5.41, 5.74) is 5.48. The molecule has 4 rings (SSSR count). The summed E-state index contributed by atoms with van der Waals surface area (Å²) in [4.78, 5) is 44.4. The zero-order valence-electron chi connectivity index (χ0n) is 21.2. The molecule has 0 bridgehead atoms. The van der Waals surface area contributed by atoms with E-state index in [-0.39, 0.29) is 24.0 Å². The number of para-hydroxylation sites is 1. The van der Waals surface area contributed by atoms with Gasteiger partial charge in [0.1, 0.15) is 5.25 Å². The van der Waals surface area contributed by atoms with Crippen LogP contribution in [0.3, 0.4) is 0 Å². The molecular formula is C29H33N3O3S. The van der Waals surface area contributed by atoms with E-state index in [9.17, 15) is 14.4 Å². The Morgan fingerprint density at radius 1 is 1.08 bits per heavy atom.